The van der Waals surface area contributed by atoms with Crippen molar-refractivity contribution in [2.75, 3.05) is 4.90 Å². The monoisotopic (exact) mass is 263 g/mol. The molecule has 1 heteroatoms. The molecular weight excluding hydrogens is 242 g/mol. The van der Waals surface area contributed by atoms with Gasteiger partial charge >= 0.3 is 0 Å². The summed E-state index contributed by atoms with van der Waals surface area (Å²) in [6.07, 6.45) is 16.9. The molecule has 0 saturated heterocycles. The van der Waals surface area contributed by atoms with Crippen molar-refractivity contribution in [3.8, 4) is 0 Å². The Balaban J connectivity index is 2.48. The molecule has 0 aromatic heterocycles. The van der Waals surface area contributed by atoms with E-state index in [-0.39, 0.29) is 0 Å². The number of hydrogen-bond acceptors (Lipinski definition) is 1. The minimum Gasteiger partial charge on any atom is -0.311 e. The summed E-state index contributed by atoms with van der Waals surface area (Å²) in [7, 11) is 0. The lowest BCUT2D eigenvalue weighted by Crippen LogP contribution is -2.20. The van der Waals surface area contributed by atoms with Gasteiger partial charge in [-0.05, 0) is 50.1 Å². The molecule has 0 bridgehead atoms. The molecule has 20 heavy (non-hydrogen) atoms. The number of nitrogens with zero attached hydrogens (tertiary/aromatic N) is 1. The second-order valence-electron chi connectivity index (χ2n) is 4.61. The van der Waals surface area contributed by atoms with Crippen molar-refractivity contribution in [3.05, 3.63) is 90.8 Å². The second-order valence-corrected chi connectivity index (χ2v) is 4.61. The van der Waals surface area contributed by atoms with E-state index in [4.69, 9.17) is 0 Å². The van der Waals surface area contributed by atoms with Gasteiger partial charge in [0.15, 0.2) is 0 Å². The van der Waals surface area contributed by atoms with Gasteiger partial charge in [-0.1, -0.05) is 49.1 Å². The van der Waals surface area contributed by atoms with Crippen LogP contribution in [0.1, 0.15) is 19.8 Å². The SMILES string of the molecule is C=C/C=C(\C=C/C)N(C1=CCCC=C1)c1ccccc1. The maximum Gasteiger partial charge on any atom is 0.0461 e. The van der Waals surface area contributed by atoms with Crippen molar-refractivity contribution in [2.24, 2.45) is 0 Å². The number of para-hydroxylation sites is 1. The first-order valence-electron chi connectivity index (χ1n) is 7.04. The zero-order valence-corrected chi connectivity index (χ0v) is 12.0. The summed E-state index contributed by atoms with van der Waals surface area (Å²) in [5, 5.41) is 0. The first-order valence-corrected chi connectivity index (χ1v) is 7.04. The lowest BCUT2D eigenvalue weighted by molar-refractivity contribution is 0.986. The van der Waals surface area contributed by atoms with Crippen LogP contribution in [0.2, 0.25) is 0 Å². The van der Waals surface area contributed by atoms with Crippen LogP contribution in [0.4, 0.5) is 5.69 Å². The van der Waals surface area contributed by atoms with E-state index in [0.29, 0.717) is 0 Å². The van der Waals surface area contributed by atoms with Crippen LogP contribution in [0, 0.1) is 0 Å². The van der Waals surface area contributed by atoms with Crippen LogP contribution in [0.25, 0.3) is 0 Å². The Kier molecular flexibility index (Phi) is 5.19. The molecule has 0 aliphatic heterocycles. The standard InChI is InChI=1S/C19H21N/c1-3-11-17(12-4-2)20(18-13-7-5-8-14-18)19-15-9-6-10-16-19/h3-5,7-9,11-16H,1,6,10H2,2H3/b12-4-,17-11+. The van der Waals surface area contributed by atoms with Gasteiger partial charge in [0, 0.05) is 17.1 Å². The number of benzene rings is 1. The molecular formula is C19H21N. The molecule has 0 radical (unpaired) electrons. The van der Waals surface area contributed by atoms with E-state index in [1.165, 1.54) is 5.70 Å². The van der Waals surface area contributed by atoms with Gasteiger partial charge < -0.3 is 4.90 Å². The predicted molar refractivity (Wildman–Crippen MR) is 88.5 cm³/mol. The van der Waals surface area contributed by atoms with Crippen LogP contribution in [-0.4, -0.2) is 0 Å². The van der Waals surface area contributed by atoms with E-state index in [2.05, 4.69) is 66.1 Å². The molecule has 2 rings (SSSR count). The summed E-state index contributed by atoms with van der Waals surface area (Å²) in [4.78, 5) is 2.26. The summed E-state index contributed by atoms with van der Waals surface area (Å²) in [5.41, 5.74) is 3.50. The topological polar surface area (TPSA) is 3.24 Å². The fraction of sp³-hybridized carbons (Fsp3) is 0.158. The van der Waals surface area contributed by atoms with E-state index in [1.807, 2.05) is 25.1 Å². The normalized spacial score (nSPS) is 15.2. The van der Waals surface area contributed by atoms with Gasteiger partial charge in [0.25, 0.3) is 0 Å². The fourth-order valence-electron chi connectivity index (χ4n) is 2.29. The third-order valence-electron chi connectivity index (χ3n) is 3.13. The lowest BCUT2D eigenvalue weighted by Gasteiger charge is -2.28. The average molecular weight is 263 g/mol. The molecule has 1 aromatic rings. The number of rotatable bonds is 5. The molecule has 0 atom stereocenters. The number of allylic oxidation sites excluding steroid dienone is 7. The van der Waals surface area contributed by atoms with Crippen LogP contribution in [0.15, 0.2) is 90.8 Å². The zero-order chi connectivity index (χ0) is 14.2. The maximum absolute atomic E-state index is 3.83. The highest BCUT2D eigenvalue weighted by Crippen LogP contribution is 2.27. The Morgan fingerprint density at radius 3 is 2.60 bits per heavy atom. The number of hydrogen-bond donors (Lipinski definition) is 0. The van der Waals surface area contributed by atoms with E-state index in [0.717, 1.165) is 24.2 Å². The van der Waals surface area contributed by atoms with Crippen molar-refractivity contribution >= 4 is 5.69 Å². The zero-order valence-electron chi connectivity index (χ0n) is 12.0. The van der Waals surface area contributed by atoms with Crippen molar-refractivity contribution in [3.63, 3.8) is 0 Å². The van der Waals surface area contributed by atoms with Gasteiger partial charge in [0.2, 0.25) is 0 Å². The lowest BCUT2D eigenvalue weighted by atomic mass is 10.1. The molecule has 1 aromatic carbocycles. The number of anilines is 1. The Morgan fingerprint density at radius 2 is 2.00 bits per heavy atom. The van der Waals surface area contributed by atoms with Gasteiger partial charge in [-0.15, -0.1) is 0 Å². The molecule has 0 heterocycles. The molecule has 0 fully saturated rings. The van der Waals surface area contributed by atoms with Crippen molar-refractivity contribution in [1.29, 1.82) is 0 Å². The average Bonchev–Trinajstić information content (AvgIpc) is 2.50. The van der Waals surface area contributed by atoms with Crippen molar-refractivity contribution in [1.82, 2.24) is 0 Å². The van der Waals surface area contributed by atoms with Gasteiger partial charge in [-0.2, -0.15) is 0 Å². The Hall–Kier alpha value is -2.28. The van der Waals surface area contributed by atoms with E-state index in [9.17, 15) is 0 Å². The minimum absolute atomic E-state index is 1.09. The Bertz CT molecular complexity index is 559. The summed E-state index contributed by atoms with van der Waals surface area (Å²) in [6, 6.07) is 10.4. The minimum atomic E-state index is 1.09. The molecule has 0 amide bonds. The molecule has 1 nitrogen and oxygen atoms in total. The fourth-order valence-corrected chi connectivity index (χ4v) is 2.29. The van der Waals surface area contributed by atoms with Gasteiger partial charge in [-0.25, -0.2) is 0 Å². The highest BCUT2D eigenvalue weighted by atomic mass is 15.1. The largest absolute Gasteiger partial charge is 0.311 e. The van der Waals surface area contributed by atoms with Crippen LogP contribution >= 0.6 is 0 Å². The van der Waals surface area contributed by atoms with Crippen LogP contribution in [0.3, 0.4) is 0 Å². The van der Waals surface area contributed by atoms with E-state index < -0.39 is 0 Å². The van der Waals surface area contributed by atoms with Gasteiger partial charge in [0.05, 0.1) is 0 Å². The second kappa shape index (κ2) is 7.34. The molecule has 0 N–H and O–H groups in total. The van der Waals surface area contributed by atoms with Gasteiger partial charge in [0.1, 0.15) is 0 Å². The van der Waals surface area contributed by atoms with Crippen molar-refractivity contribution in [2.45, 2.75) is 19.8 Å². The van der Waals surface area contributed by atoms with Gasteiger partial charge in [-0.3, -0.25) is 0 Å². The highest BCUT2D eigenvalue weighted by molar-refractivity contribution is 5.63. The molecule has 1 aliphatic rings. The molecule has 102 valence electrons. The predicted octanol–water partition coefficient (Wildman–Crippen LogP) is 5.37. The highest BCUT2D eigenvalue weighted by Gasteiger charge is 2.13. The molecule has 0 saturated carbocycles. The summed E-state index contributed by atoms with van der Waals surface area (Å²) >= 11 is 0. The van der Waals surface area contributed by atoms with Crippen LogP contribution < -0.4 is 4.90 Å². The Morgan fingerprint density at radius 1 is 1.20 bits per heavy atom. The smallest absolute Gasteiger partial charge is 0.0461 e. The van der Waals surface area contributed by atoms with E-state index in [1.54, 1.807) is 0 Å². The summed E-state index contributed by atoms with van der Waals surface area (Å²) < 4.78 is 0. The summed E-state index contributed by atoms with van der Waals surface area (Å²) in [5.74, 6) is 0. The maximum atomic E-state index is 3.83. The molecule has 0 unspecified atom stereocenters. The summed E-state index contributed by atoms with van der Waals surface area (Å²) in [6.45, 7) is 5.86. The quantitative estimate of drug-likeness (QED) is 0.645. The third-order valence-corrected chi connectivity index (χ3v) is 3.13. The van der Waals surface area contributed by atoms with Crippen LogP contribution in [0.5, 0.6) is 0 Å². The molecule has 0 spiro atoms. The first kappa shape index (κ1) is 14.1. The van der Waals surface area contributed by atoms with Crippen molar-refractivity contribution < 1.29 is 0 Å². The molecule has 1 aliphatic carbocycles. The third kappa shape index (κ3) is 3.39. The van der Waals surface area contributed by atoms with E-state index >= 15 is 0 Å². The first-order chi connectivity index (χ1) is 9.86. The Labute approximate surface area is 121 Å². The van der Waals surface area contributed by atoms with Crippen LogP contribution in [-0.2, 0) is 0 Å².